The molecule has 0 aromatic rings. The number of carbonyl (C=O) groups is 3. The van der Waals surface area contributed by atoms with Crippen molar-refractivity contribution >= 4 is 17.9 Å². The molecule has 0 fully saturated rings. The van der Waals surface area contributed by atoms with Crippen molar-refractivity contribution in [3.8, 4) is 0 Å². The molecule has 444 valence electrons. The first-order valence-electron chi connectivity index (χ1n) is 32.0. The normalized spacial score (nSPS) is 13.2. The fourth-order valence-corrected chi connectivity index (χ4v) is 8.32. The summed E-state index contributed by atoms with van der Waals surface area (Å²) in [6.45, 7) is 6.30. The van der Waals surface area contributed by atoms with E-state index < -0.39 is 12.1 Å². The summed E-state index contributed by atoms with van der Waals surface area (Å²) in [5.41, 5.74) is 0. The number of ether oxygens (including phenoxy) is 3. The van der Waals surface area contributed by atoms with E-state index >= 15 is 0 Å². The van der Waals surface area contributed by atoms with Crippen molar-refractivity contribution in [3.05, 3.63) is 158 Å². The Kier molecular flexibility index (Phi) is 61.4. The Hall–Kier alpha value is -4.97. The van der Waals surface area contributed by atoms with Gasteiger partial charge >= 0.3 is 17.9 Å². The molecule has 0 saturated heterocycles. The lowest BCUT2D eigenvalue weighted by Gasteiger charge is -2.18. The fraction of sp³-hybridized carbons (Fsp3) is 0.603. The molecule has 1 atom stereocenters. The van der Waals surface area contributed by atoms with E-state index in [0.717, 1.165) is 122 Å². The molecule has 0 aliphatic rings. The number of esters is 3. The van der Waals surface area contributed by atoms with Crippen molar-refractivity contribution in [2.75, 3.05) is 13.2 Å². The van der Waals surface area contributed by atoms with Gasteiger partial charge < -0.3 is 14.2 Å². The number of rotatable bonds is 56. The molecule has 0 amide bonds. The zero-order valence-corrected chi connectivity index (χ0v) is 50.8. The van der Waals surface area contributed by atoms with Gasteiger partial charge in [-0.05, 0) is 128 Å². The van der Waals surface area contributed by atoms with Crippen LogP contribution in [-0.2, 0) is 28.6 Å². The molecule has 0 spiro atoms. The van der Waals surface area contributed by atoms with E-state index in [1.165, 1.54) is 96.3 Å². The third-order valence-corrected chi connectivity index (χ3v) is 13.0. The van der Waals surface area contributed by atoms with Gasteiger partial charge in [0.25, 0.3) is 0 Å². The fourth-order valence-electron chi connectivity index (χ4n) is 8.32. The topological polar surface area (TPSA) is 78.9 Å². The number of carbonyl (C=O) groups excluding carboxylic acids is 3. The number of hydrogen-bond acceptors (Lipinski definition) is 6. The van der Waals surface area contributed by atoms with E-state index in [-0.39, 0.29) is 31.6 Å². The van der Waals surface area contributed by atoms with Crippen LogP contribution in [0.25, 0.3) is 0 Å². The van der Waals surface area contributed by atoms with E-state index in [9.17, 15) is 14.4 Å². The van der Waals surface area contributed by atoms with Crippen LogP contribution in [0.3, 0.4) is 0 Å². The van der Waals surface area contributed by atoms with Crippen LogP contribution in [0, 0.1) is 0 Å². The molecule has 0 heterocycles. The summed E-state index contributed by atoms with van der Waals surface area (Å²) < 4.78 is 16.8. The summed E-state index contributed by atoms with van der Waals surface area (Å²) >= 11 is 0. The Morgan fingerprint density at radius 1 is 0.278 bits per heavy atom. The van der Waals surface area contributed by atoms with Crippen molar-refractivity contribution in [1.82, 2.24) is 0 Å². The van der Waals surface area contributed by atoms with Crippen LogP contribution >= 0.6 is 0 Å². The van der Waals surface area contributed by atoms with Gasteiger partial charge in [-0.15, -0.1) is 0 Å². The largest absolute Gasteiger partial charge is 0.462 e. The van der Waals surface area contributed by atoms with E-state index in [2.05, 4.69) is 167 Å². The van der Waals surface area contributed by atoms with Crippen molar-refractivity contribution in [2.45, 2.75) is 271 Å². The summed E-state index contributed by atoms with van der Waals surface area (Å²) in [5.74, 6) is -1.07. The first-order valence-corrected chi connectivity index (χ1v) is 32.0. The molecule has 0 aliphatic heterocycles. The molecule has 0 bridgehead atoms. The second-order valence-electron chi connectivity index (χ2n) is 20.6. The van der Waals surface area contributed by atoms with Crippen molar-refractivity contribution in [2.24, 2.45) is 0 Å². The number of hydrogen-bond donors (Lipinski definition) is 0. The standard InChI is InChI=1S/C73H116O6/c1-4-7-10-13-16-19-22-25-27-28-29-30-31-32-33-34-35-36-37-38-39-40-41-42-43-44-46-48-51-54-57-60-63-66-72(75)78-69-70(68-77-71(74)65-62-59-56-53-50-47-24-21-18-15-12-9-6-3)79-73(76)67-64-61-58-55-52-49-45-26-23-20-17-14-11-8-5-2/h7-8,10-11,16-17,19-21,24-27,29-30,32-33,35-36,38-39,45,52,55,61,64,70H,4-6,9,12-15,18,22-23,28,31,34,37,40-44,46-51,53-54,56-60,62-63,65-69H2,1-3H3/b10-7-,11-8-,19-16-,20-17-,24-21-,27-25-,30-29-,33-32-,36-35-,39-38-,45-26-,55-52-,64-61-. The van der Waals surface area contributed by atoms with Crippen LogP contribution in [0.4, 0.5) is 0 Å². The van der Waals surface area contributed by atoms with Gasteiger partial charge in [-0.3, -0.25) is 14.4 Å². The van der Waals surface area contributed by atoms with Crippen molar-refractivity contribution in [3.63, 3.8) is 0 Å². The van der Waals surface area contributed by atoms with Gasteiger partial charge in [-0.25, -0.2) is 0 Å². The van der Waals surface area contributed by atoms with Crippen LogP contribution in [0.2, 0.25) is 0 Å². The molecule has 6 nitrogen and oxygen atoms in total. The Morgan fingerprint density at radius 3 is 0.848 bits per heavy atom. The summed E-state index contributed by atoms with van der Waals surface area (Å²) in [4.78, 5) is 38.2. The molecule has 1 unspecified atom stereocenters. The molecule has 79 heavy (non-hydrogen) atoms. The Bertz CT molecular complexity index is 1780. The monoisotopic (exact) mass is 1090 g/mol. The zero-order chi connectivity index (χ0) is 57.1. The highest BCUT2D eigenvalue weighted by Gasteiger charge is 2.19. The van der Waals surface area contributed by atoms with E-state index in [1.807, 2.05) is 6.08 Å². The minimum Gasteiger partial charge on any atom is -0.462 e. The third-order valence-electron chi connectivity index (χ3n) is 13.0. The molecule has 0 saturated carbocycles. The highest BCUT2D eigenvalue weighted by atomic mass is 16.6. The van der Waals surface area contributed by atoms with Gasteiger partial charge in [0.15, 0.2) is 6.10 Å². The molecule has 0 N–H and O–H groups in total. The van der Waals surface area contributed by atoms with Gasteiger partial charge in [-0.2, -0.15) is 0 Å². The quantitative estimate of drug-likeness (QED) is 0.0261. The minimum atomic E-state index is -0.843. The zero-order valence-electron chi connectivity index (χ0n) is 50.8. The maximum atomic E-state index is 12.8. The lowest BCUT2D eigenvalue weighted by atomic mass is 10.0. The SMILES string of the molecule is CC/C=C\C/C=C\C/C=C\C/C=C\C/C=C\C/C=C\C/C=C\CCCCCCCCCCCCCC(=O)OCC(COC(=O)CCCCCCC/C=C\CCCCCC)OC(=O)C/C=C\C/C=C\C/C=C\C/C=C\C/C=C\CC. The Balaban J connectivity index is 4.31. The molecule has 6 heteroatoms. The second-order valence-corrected chi connectivity index (χ2v) is 20.6. The summed E-state index contributed by atoms with van der Waals surface area (Å²) in [6, 6.07) is 0. The van der Waals surface area contributed by atoms with Gasteiger partial charge in [0.2, 0.25) is 0 Å². The van der Waals surface area contributed by atoms with Crippen molar-refractivity contribution in [1.29, 1.82) is 0 Å². The number of allylic oxidation sites excluding steroid dienone is 25. The summed E-state index contributed by atoms with van der Waals surface area (Å²) in [6.07, 6.45) is 95.7. The number of unbranched alkanes of at least 4 members (excludes halogenated alkanes) is 20. The summed E-state index contributed by atoms with van der Waals surface area (Å²) in [5, 5.41) is 0. The minimum absolute atomic E-state index is 0.0891. The Labute approximate surface area is 486 Å². The van der Waals surface area contributed by atoms with E-state index in [4.69, 9.17) is 14.2 Å². The van der Waals surface area contributed by atoms with Gasteiger partial charge in [0.05, 0.1) is 6.42 Å². The maximum absolute atomic E-state index is 12.8. The molecule has 0 aliphatic carbocycles. The smallest absolute Gasteiger partial charge is 0.310 e. The lowest BCUT2D eigenvalue weighted by Crippen LogP contribution is -2.30. The average molecular weight is 1090 g/mol. The molecule has 0 rings (SSSR count). The molecule has 0 aromatic heterocycles. The molecular formula is C73H116O6. The molecule has 0 radical (unpaired) electrons. The first kappa shape index (κ1) is 74.0. The van der Waals surface area contributed by atoms with Gasteiger partial charge in [0.1, 0.15) is 13.2 Å². The highest BCUT2D eigenvalue weighted by molar-refractivity contribution is 5.72. The van der Waals surface area contributed by atoms with E-state index in [0.29, 0.717) is 19.3 Å². The molecular weight excluding hydrogens is 973 g/mol. The average Bonchev–Trinajstić information content (AvgIpc) is 3.45. The predicted octanol–water partition coefficient (Wildman–Crippen LogP) is 22.1. The molecule has 0 aromatic carbocycles. The first-order chi connectivity index (χ1) is 39.0. The van der Waals surface area contributed by atoms with Crippen molar-refractivity contribution < 1.29 is 28.6 Å². The van der Waals surface area contributed by atoms with E-state index in [1.54, 1.807) is 6.08 Å². The summed E-state index contributed by atoms with van der Waals surface area (Å²) in [7, 11) is 0. The second kappa shape index (κ2) is 65.5. The van der Waals surface area contributed by atoms with Crippen LogP contribution < -0.4 is 0 Å². The Morgan fingerprint density at radius 2 is 0.532 bits per heavy atom. The van der Waals surface area contributed by atoms with Gasteiger partial charge in [0, 0.05) is 12.8 Å². The predicted molar refractivity (Wildman–Crippen MR) is 343 cm³/mol. The van der Waals surface area contributed by atoms with Crippen LogP contribution in [-0.4, -0.2) is 37.2 Å². The van der Waals surface area contributed by atoms with Crippen LogP contribution in [0.1, 0.15) is 265 Å². The van der Waals surface area contributed by atoms with Crippen LogP contribution in [0.15, 0.2) is 158 Å². The third kappa shape index (κ3) is 63.7. The highest BCUT2D eigenvalue weighted by Crippen LogP contribution is 2.15. The van der Waals surface area contributed by atoms with Gasteiger partial charge in [-0.1, -0.05) is 275 Å². The van der Waals surface area contributed by atoms with Crippen LogP contribution in [0.5, 0.6) is 0 Å². The lowest BCUT2D eigenvalue weighted by molar-refractivity contribution is -0.166. The maximum Gasteiger partial charge on any atom is 0.310 e.